The summed E-state index contributed by atoms with van der Waals surface area (Å²) in [5.41, 5.74) is 0.659. The second kappa shape index (κ2) is 4.47. The van der Waals surface area contributed by atoms with Crippen LogP contribution in [0.2, 0.25) is 0 Å². The van der Waals surface area contributed by atoms with E-state index in [0.29, 0.717) is 5.56 Å². The fourth-order valence-corrected chi connectivity index (χ4v) is 1.78. The Labute approximate surface area is 88.7 Å². The van der Waals surface area contributed by atoms with E-state index in [9.17, 15) is 8.78 Å². The SMILES string of the molecule is Cc1cnc(C#N)c(CBr)c1C(F)F. The molecule has 1 aromatic heterocycles. The van der Waals surface area contributed by atoms with Gasteiger partial charge < -0.3 is 0 Å². The third kappa shape index (κ3) is 1.90. The topological polar surface area (TPSA) is 36.7 Å². The number of aromatic nitrogens is 1. The molecular weight excluding hydrogens is 254 g/mol. The van der Waals surface area contributed by atoms with Crippen molar-refractivity contribution in [1.29, 1.82) is 5.26 Å². The van der Waals surface area contributed by atoms with Gasteiger partial charge in [-0.3, -0.25) is 0 Å². The quantitative estimate of drug-likeness (QED) is 0.767. The number of halogens is 3. The van der Waals surface area contributed by atoms with Gasteiger partial charge in [-0.25, -0.2) is 13.8 Å². The summed E-state index contributed by atoms with van der Waals surface area (Å²) < 4.78 is 25.3. The lowest BCUT2D eigenvalue weighted by Gasteiger charge is -2.10. The van der Waals surface area contributed by atoms with Gasteiger partial charge in [0.05, 0.1) is 0 Å². The molecular formula is C9H7BrF2N2. The second-order valence-corrected chi connectivity index (χ2v) is 3.29. The lowest BCUT2D eigenvalue weighted by Crippen LogP contribution is -2.02. The van der Waals surface area contributed by atoms with Crippen LogP contribution in [-0.2, 0) is 5.33 Å². The number of alkyl halides is 3. The summed E-state index contributed by atoms with van der Waals surface area (Å²) in [6, 6.07) is 1.79. The van der Waals surface area contributed by atoms with Crippen molar-refractivity contribution < 1.29 is 8.78 Å². The zero-order valence-corrected chi connectivity index (χ0v) is 8.98. The van der Waals surface area contributed by atoms with Gasteiger partial charge in [0, 0.05) is 22.7 Å². The predicted octanol–water partition coefficient (Wildman–Crippen LogP) is 3.09. The normalized spacial score (nSPS) is 10.3. The molecule has 5 heteroatoms. The van der Waals surface area contributed by atoms with Crippen LogP contribution in [0.15, 0.2) is 6.20 Å². The second-order valence-electron chi connectivity index (χ2n) is 2.73. The van der Waals surface area contributed by atoms with Crippen molar-refractivity contribution in [2.24, 2.45) is 0 Å². The summed E-state index contributed by atoms with van der Waals surface area (Å²) in [6.07, 6.45) is -1.27. The molecule has 0 amide bonds. The van der Waals surface area contributed by atoms with Gasteiger partial charge in [0.25, 0.3) is 6.43 Å². The average molecular weight is 261 g/mol. The maximum absolute atomic E-state index is 12.6. The summed E-state index contributed by atoms with van der Waals surface area (Å²) in [5.74, 6) is 0. The minimum Gasteiger partial charge on any atom is -0.245 e. The highest BCUT2D eigenvalue weighted by atomic mass is 79.9. The molecule has 0 saturated carbocycles. The molecule has 1 heterocycles. The maximum Gasteiger partial charge on any atom is 0.264 e. The van der Waals surface area contributed by atoms with Gasteiger partial charge in [0.1, 0.15) is 11.8 Å². The molecule has 1 rings (SSSR count). The minimum atomic E-state index is -2.57. The number of hydrogen-bond donors (Lipinski definition) is 0. The van der Waals surface area contributed by atoms with Crippen LogP contribution in [0.1, 0.15) is 28.8 Å². The van der Waals surface area contributed by atoms with Gasteiger partial charge >= 0.3 is 0 Å². The largest absolute Gasteiger partial charge is 0.264 e. The molecule has 74 valence electrons. The lowest BCUT2D eigenvalue weighted by molar-refractivity contribution is 0.149. The summed E-state index contributed by atoms with van der Waals surface area (Å²) in [4.78, 5) is 3.79. The van der Waals surface area contributed by atoms with Crippen LogP contribution < -0.4 is 0 Å². The van der Waals surface area contributed by atoms with E-state index in [1.807, 2.05) is 0 Å². The summed E-state index contributed by atoms with van der Waals surface area (Å²) >= 11 is 3.08. The van der Waals surface area contributed by atoms with Crippen molar-refractivity contribution in [2.45, 2.75) is 18.7 Å². The fraction of sp³-hybridized carbons (Fsp3) is 0.333. The highest BCUT2D eigenvalue weighted by molar-refractivity contribution is 9.08. The zero-order valence-electron chi connectivity index (χ0n) is 7.39. The van der Waals surface area contributed by atoms with Crippen molar-refractivity contribution in [3.8, 4) is 6.07 Å². The first-order valence-corrected chi connectivity index (χ1v) is 4.96. The number of nitriles is 1. The highest BCUT2D eigenvalue weighted by Crippen LogP contribution is 2.28. The Morgan fingerprint density at radius 1 is 1.64 bits per heavy atom. The molecule has 0 radical (unpaired) electrons. The van der Waals surface area contributed by atoms with E-state index in [-0.39, 0.29) is 22.2 Å². The van der Waals surface area contributed by atoms with Crippen molar-refractivity contribution in [2.75, 3.05) is 0 Å². The smallest absolute Gasteiger partial charge is 0.245 e. The monoisotopic (exact) mass is 260 g/mol. The van der Waals surface area contributed by atoms with Gasteiger partial charge in [-0.2, -0.15) is 5.26 Å². The van der Waals surface area contributed by atoms with E-state index >= 15 is 0 Å². The Morgan fingerprint density at radius 3 is 2.71 bits per heavy atom. The lowest BCUT2D eigenvalue weighted by atomic mass is 10.0. The first-order chi connectivity index (χ1) is 6.61. The molecule has 0 aliphatic carbocycles. The number of hydrogen-bond acceptors (Lipinski definition) is 2. The number of aryl methyl sites for hydroxylation is 1. The van der Waals surface area contributed by atoms with Crippen LogP contribution in [0.3, 0.4) is 0 Å². The van der Waals surface area contributed by atoms with Gasteiger partial charge in [-0.15, -0.1) is 0 Å². The summed E-state index contributed by atoms with van der Waals surface area (Å²) in [6.45, 7) is 1.56. The molecule has 0 bridgehead atoms. The molecule has 0 unspecified atom stereocenters. The summed E-state index contributed by atoms with van der Waals surface area (Å²) in [5, 5.41) is 8.88. The Morgan fingerprint density at radius 2 is 2.29 bits per heavy atom. The van der Waals surface area contributed by atoms with Gasteiger partial charge in [-0.1, -0.05) is 15.9 Å². The van der Waals surface area contributed by atoms with Crippen LogP contribution in [0.25, 0.3) is 0 Å². The predicted molar refractivity (Wildman–Crippen MR) is 51.3 cm³/mol. The fourth-order valence-electron chi connectivity index (χ4n) is 1.21. The minimum absolute atomic E-state index is 0.0581. The molecule has 0 N–H and O–H groups in total. The Bertz CT molecular complexity index is 385. The number of rotatable bonds is 2. The first-order valence-electron chi connectivity index (χ1n) is 3.84. The highest BCUT2D eigenvalue weighted by Gasteiger charge is 2.18. The molecule has 0 atom stereocenters. The molecule has 0 aliphatic rings. The molecule has 14 heavy (non-hydrogen) atoms. The summed E-state index contributed by atoms with van der Waals surface area (Å²) in [7, 11) is 0. The molecule has 0 spiro atoms. The van der Waals surface area contributed by atoms with Gasteiger partial charge in [-0.05, 0) is 12.5 Å². The van der Waals surface area contributed by atoms with Crippen molar-refractivity contribution >= 4 is 15.9 Å². The number of nitrogens with zero attached hydrogens (tertiary/aromatic N) is 2. The molecule has 0 aromatic carbocycles. The molecule has 0 saturated heterocycles. The van der Waals surface area contributed by atoms with E-state index in [4.69, 9.17) is 5.26 Å². The Kier molecular flexibility index (Phi) is 3.53. The van der Waals surface area contributed by atoms with Crippen LogP contribution in [0.5, 0.6) is 0 Å². The standard InChI is InChI=1S/C9H7BrF2N2/c1-5-4-14-7(3-13)6(2-10)8(5)9(11)12/h4,9H,2H2,1H3. The Hall–Kier alpha value is -1.02. The number of pyridine rings is 1. The first kappa shape index (κ1) is 11.1. The van der Waals surface area contributed by atoms with Crippen LogP contribution in [-0.4, -0.2) is 4.98 Å². The van der Waals surface area contributed by atoms with E-state index in [0.717, 1.165) is 0 Å². The van der Waals surface area contributed by atoms with Crippen molar-refractivity contribution in [3.05, 3.63) is 28.6 Å². The van der Waals surface area contributed by atoms with Gasteiger partial charge in [0.2, 0.25) is 0 Å². The third-order valence-corrected chi connectivity index (χ3v) is 2.44. The van der Waals surface area contributed by atoms with Crippen molar-refractivity contribution in [3.63, 3.8) is 0 Å². The molecule has 1 aromatic rings. The Balaban J connectivity index is 3.45. The average Bonchev–Trinajstić information content (AvgIpc) is 2.16. The maximum atomic E-state index is 12.6. The van der Waals surface area contributed by atoms with Gasteiger partial charge in [0.15, 0.2) is 0 Å². The molecule has 2 nitrogen and oxygen atoms in total. The zero-order chi connectivity index (χ0) is 10.7. The van der Waals surface area contributed by atoms with E-state index in [1.165, 1.54) is 6.20 Å². The van der Waals surface area contributed by atoms with Crippen molar-refractivity contribution in [1.82, 2.24) is 4.98 Å². The van der Waals surface area contributed by atoms with E-state index in [1.54, 1.807) is 13.0 Å². The molecule has 0 fully saturated rings. The molecule has 0 aliphatic heterocycles. The van der Waals surface area contributed by atoms with E-state index in [2.05, 4.69) is 20.9 Å². The van der Waals surface area contributed by atoms with Crippen LogP contribution >= 0.6 is 15.9 Å². The van der Waals surface area contributed by atoms with Crippen LogP contribution in [0.4, 0.5) is 8.78 Å². The third-order valence-electron chi connectivity index (χ3n) is 1.88. The van der Waals surface area contributed by atoms with E-state index < -0.39 is 6.43 Å². The van der Waals surface area contributed by atoms with Crippen LogP contribution in [0, 0.1) is 18.3 Å².